The third kappa shape index (κ3) is 5.24. The van der Waals surface area contributed by atoms with Crippen LogP contribution in [0.25, 0.3) is 11.3 Å². The molecule has 0 saturated carbocycles. The number of hydrogen-bond donors (Lipinski definition) is 1. The average Bonchev–Trinajstić information content (AvgIpc) is 2.66. The summed E-state index contributed by atoms with van der Waals surface area (Å²) in [6.07, 6.45) is 0.667. The highest BCUT2D eigenvalue weighted by molar-refractivity contribution is 6.30. The molecule has 138 valence electrons. The van der Waals surface area contributed by atoms with E-state index in [1.807, 2.05) is 12.1 Å². The smallest absolute Gasteiger partial charge is 0.266 e. The van der Waals surface area contributed by atoms with Crippen LogP contribution in [-0.2, 0) is 11.3 Å². The normalized spacial score (nSPS) is 10.6. The van der Waals surface area contributed by atoms with Gasteiger partial charge in [0.1, 0.15) is 5.82 Å². The molecule has 0 saturated heterocycles. The number of aromatic nitrogens is 2. The van der Waals surface area contributed by atoms with Gasteiger partial charge in [0.25, 0.3) is 5.56 Å². The molecule has 5 nitrogen and oxygen atoms in total. The molecule has 27 heavy (non-hydrogen) atoms. The molecule has 3 rings (SSSR count). The largest absolute Gasteiger partial charge is 0.326 e. The number of carbonyl (C=O) groups excluding carboxylic acids is 1. The molecule has 1 N–H and O–H groups in total. The van der Waals surface area contributed by atoms with E-state index >= 15 is 0 Å². The zero-order chi connectivity index (χ0) is 19.2. The van der Waals surface area contributed by atoms with Crippen molar-refractivity contribution in [3.8, 4) is 11.3 Å². The van der Waals surface area contributed by atoms with Crippen molar-refractivity contribution in [1.29, 1.82) is 0 Å². The zero-order valence-electron chi connectivity index (χ0n) is 14.4. The molecule has 0 aliphatic heterocycles. The van der Waals surface area contributed by atoms with Crippen molar-refractivity contribution in [3.05, 3.63) is 81.9 Å². The second kappa shape index (κ2) is 8.60. The highest BCUT2D eigenvalue weighted by Gasteiger charge is 2.06. The maximum Gasteiger partial charge on any atom is 0.266 e. The number of nitrogens with one attached hydrogen (secondary N) is 1. The summed E-state index contributed by atoms with van der Waals surface area (Å²) in [4.78, 5) is 24.0. The molecular weight excluding hydrogens is 369 g/mol. The molecule has 0 atom stereocenters. The quantitative estimate of drug-likeness (QED) is 0.694. The summed E-state index contributed by atoms with van der Waals surface area (Å²) < 4.78 is 14.2. The number of nitrogens with zero attached hydrogens (tertiary/aromatic N) is 2. The summed E-state index contributed by atoms with van der Waals surface area (Å²) in [5.74, 6) is -0.567. The third-order valence-electron chi connectivity index (χ3n) is 3.91. The minimum atomic E-state index is -0.362. The number of amides is 1. The van der Waals surface area contributed by atoms with E-state index < -0.39 is 0 Å². The number of halogens is 2. The van der Waals surface area contributed by atoms with Crippen molar-refractivity contribution >= 4 is 23.2 Å². The fourth-order valence-corrected chi connectivity index (χ4v) is 2.66. The van der Waals surface area contributed by atoms with Gasteiger partial charge in [-0.1, -0.05) is 23.7 Å². The van der Waals surface area contributed by atoms with Crippen LogP contribution in [0.4, 0.5) is 10.1 Å². The van der Waals surface area contributed by atoms with Crippen LogP contribution < -0.4 is 10.9 Å². The Bertz CT molecular complexity index is 985. The zero-order valence-corrected chi connectivity index (χ0v) is 15.1. The van der Waals surface area contributed by atoms with Crippen LogP contribution >= 0.6 is 11.6 Å². The van der Waals surface area contributed by atoms with Crippen molar-refractivity contribution in [2.45, 2.75) is 19.4 Å². The average molecular weight is 386 g/mol. The Morgan fingerprint density at radius 1 is 1.04 bits per heavy atom. The summed E-state index contributed by atoms with van der Waals surface area (Å²) in [5.41, 5.74) is 1.80. The SMILES string of the molecule is O=C(CCCn1nc(-c2ccc(Cl)cc2)ccc1=O)Nc1ccc(F)cc1. The number of aryl methyl sites for hydroxylation is 1. The van der Waals surface area contributed by atoms with Crippen LogP contribution in [0.2, 0.25) is 5.02 Å². The molecule has 1 aromatic heterocycles. The Labute approximate surface area is 160 Å². The predicted molar refractivity (Wildman–Crippen MR) is 103 cm³/mol. The molecular formula is C20H17ClFN3O2. The van der Waals surface area contributed by atoms with Gasteiger partial charge in [-0.15, -0.1) is 0 Å². The lowest BCUT2D eigenvalue weighted by molar-refractivity contribution is -0.116. The van der Waals surface area contributed by atoms with Crippen LogP contribution in [0.5, 0.6) is 0 Å². The van der Waals surface area contributed by atoms with Gasteiger partial charge >= 0.3 is 0 Å². The third-order valence-corrected chi connectivity index (χ3v) is 4.16. The molecule has 7 heteroatoms. The van der Waals surface area contributed by atoms with Crippen molar-refractivity contribution in [3.63, 3.8) is 0 Å². The topological polar surface area (TPSA) is 64.0 Å². The molecule has 2 aromatic carbocycles. The van der Waals surface area contributed by atoms with Crippen molar-refractivity contribution < 1.29 is 9.18 Å². The Kier molecular flexibility index (Phi) is 5.98. The van der Waals surface area contributed by atoms with Crippen molar-refractivity contribution in [2.24, 2.45) is 0 Å². The molecule has 3 aromatic rings. The summed E-state index contributed by atoms with van der Waals surface area (Å²) in [6, 6.07) is 15.8. The maximum atomic E-state index is 12.9. The maximum absolute atomic E-state index is 12.9. The van der Waals surface area contributed by atoms with Crippen LogP contribution in [0.15, 0.2) is 65.5 Å². The van der Waals surface area contributed by atoms with Gasteiger partial charge in [0, 0.05) is 35.3 Å². The second-order valence-electron chi connectivity index (χ2n) is 5.95. The molecule has 1 amide bonds. The predicted octanol–water partition coefficient (Wildman–Crippen LogP) is 4.12. The first-order valence-electron chi connectivity index (χ1n) is 8.41. The fraction of sp³-hybridized carbons (Fsp3) is 0.150. The van der Waals surface area contributed by atoms with E-state index in [1.165, 1.54) is 35.0 Å². The van der Waals surface area contributed by atoms with E-state index in [0.29, 0.717) is 29.4 Å². The molecule has 0 fully saturated rings. The lowest BCUT2D eigenvalue weighted by Crippen LogP contribution is -2.23. The Morgan fingerprint density at radius 3 is 2.44 bits per heavy atom. The number of rotatable bonds is 6. The minimum absolute atomic E-state index is 0.205. The summed E-state index contributed by atoms with van der Waals surface area (Å²) in [5, 5.41) is 7.66. The molecule has 0 unspecified atom stereocenters. The molecule has 0 radical (unpaired) electrons. The fourth-order valence-electron chi connectivity index (χ4n) is 2.53. The number of hydrogen-bond acceptors (Lipinski definition) is 3. The first kappa shape index (κ1) is 18.8. The van der Waals surface area contributed by atoms with Gasteiger partial charge in [-0.05, 0) is 48.9 Å². The van der Waals surface area contributed by atoms with E-state index in [1.54, 1.807) is 18.2 Å². The van der Waals surface area contributed by atoms with E-state index in [9.17, 15) is 14.0 Å². The van der Waals surface area contributed by atoms with Crippen LogP contribution in [0, 0.1) is 5.82 Å². The molecule has 1 heterocycles. The lowest BCUT2D eigenvalue weighted by atomic mass is 10.1. The Morgan fingerprint density at radius 2 is 1.74 bits per heavy atom. The van der Waals surface area contributed by atoms with Crippen molar-refractivity contribution in [2.75, 3.05) is 5.32 Å². The molecule has 0 aliphatic rings. The van der Waals surface area contributed by atoms with Gasteiger partial charge in [-0.25, -0.2) is 9.07 Å². The highest BCUT2D eigenvalue weighted by atomic mass is 35.5. The Balaban J connectivity index is 1.59. The van der Waals surface area contributed by atoms with Gasteiger partial charge in [0.15, 0.2) is 0 Å². The van der Waals surface area contributed by atoms with E-state index in [2.05, 4.69) is 10.4 Å². The summed E-state index contributed by atoms with van der Waals surface area (Å²) in [6.45, 7) is 0.317. The monoisotopic (exact) mass is 385 g/mol. The number of benzene rings is 2. The van der Waals surface area contributed by atoms with E-state index in [0.717, 1.165) is 5.56 Å². The summed E-state index contributed by atoms with van der Waals surface area (Å²) >= 11 is 5.89. The standard InChI is InChI=1S/C20H17ClFN3O2/c21-15-5-3-14(4-6-15)18-11-12-20(27)25(24-18)13-1-2-19(26)23-17-9-7-16(22)8-10-17/h3-12H,1-2,13H2,(H,23,26). The first-order chi connectivity index (χ1) is 13.0. The highest BCUT2D eigenvalue weighted by Crippen LogP contribution is 2.18. The van der Waals surface area contributed by atoms with E-state index in [4.69, 9.17) is 11.6 Å². The summed E-state index contributed by atoms with van der Waals surface area (Å²) in [7, 11) is 0. The van der Waals surface area contributed by atoms with Crippen LogP contribution in [-0.4, -0.2) is 15.7 Å². The van der Waals surface area contributed by atoms with Gasteiger partial charge in [-0.3, -0.25) is 9.59 Å². The van der Waals surface area contributed by atoms with Crippen LogP contribution in [0.1, 0.15) is 12.8 Å². The number of anilines is 1. The van der Waals surface area contributed by atoms with Gasteiger partial charge in [-0.2, -0.15) is 5.10 Å². The minimum Gasteiger partial charge on any atom is -0.326 e. The molecule has 0 spiro atoms. The second-order valence-corrected chi connectivity index (χ2v) is 6.38. The Hall–Kier alpha value is -2.99. The molecule has 0 bridgehead atoms. The van der Waals surface area contributed by atoms with Crippen molar-refractivity contribution in [1.82, 2.24) is 9.78 Å². The van der Waals surface area contributed by atoms with Crippen LogP contribution in [0.3, 0.4) is 0 Å². The first-order valence-corrected chi connectivity index (χ1v) is 8.78. The number of carbonyl (C=O) groups is 1. The lowest BCUT2D eigenvalue weighted by Gasteiger charge is -2.08. The van der Waals surface area contributed by atoms with Gasteiger partial charge < -0.3 is 5.32 Å². The van der Waals surface area contributed by atoms with Gasteiger partial charge in [0.2, 0.25) is 5.91 Å². The molecule has 0 aliphatic carbocycles. The van der Waals surface area contributed by atoms with E-state index in [-0.39, 0.29) is 23.7 Å². The van der Waals surface area contributed by atoms with Gasteiger partial charge in [0.05, 0.1) is 5.69 Å².